The maximum atomic E-state index is 11.4. The quantitative estimate of drug-likeness (QED) is 0.738. The molecule has 0 aliphatic rings. The molecule has 0 bridgehead atoms. The molecule has 6 nitrogen and oxygen atoms in total. The van der Waals surface area contributed by atoms with E-state index in [4.69, 9.17) is 23.2 Å². The maximum Gasteiger partial charge on any atom is 0.328 e. The number of hydrogen-bond donors (Lipinski definition) is 3. The molecule has 0 radical (unpaired) electrons. The SMILES string of the molecule is O=c1[nH]c(O)c(C=Nc2cccc(Cl)c2Cl)c(=O)[nH]1. The van der Waals surface area contributed by atoms with Crippen molar-refractivity contribution in [2.75, 3.05) is 0 Å². The number of nitrogens with one attached hydrogen (secondary N) is 2. The molecule has 0 atom stereocenters. The van der Waals surface area contributed by atoms with Crippen LogP contribution in [0.1, 0.15) is 5.56 Å². The second-order valence-electron chi connectivity index (χ2n) is 3.50. The smallest absolute Gasteiger partial charge is 0.328 e. The van der Waals surface area contributed by atoms with Gasteiger partial charge in [0.25, 0.3) is 5.56 Å². The van der Waals surface area contributed by atoms with Gasteiger partial charge in [0.15, 0.2) is 0 Å². The van der Waals surface area contributed by atoms with Crippen LogP contribution in [0.3, 0.4) is 0 Å². The first-order valence-corrected chi connectivity index (χ1v) is 5.78. The minimum Gasteiger partial charge on any atom is -0.494 e. The Morgan fingerprint density at radius 3 is 2.63 bits per heavy atom. The standard InChI is InChI=1S/C11H7Cl2N3O3/c12-6-2-1-3-7(8(6)13)14-4-5-9(17)15-11(19)16-10(5)18/h1-4H,(H3,15,16,17,18,19). The van der Waals surface area contributed by atoms with Crippen LogP contribution in [0.2, 0.25) is 10.0 Å². The highest BCUT2D eigenvalue weighted by atomic mass is 35.5. The van der Waals surface area contributed by atoms with Gasteiger partial charge in [-0.1, -0.05) is 29.3 Å². The number of aromatic nitrogens is 2. The van der Waals surface area contributed by atoms with Gasteiger partial charge in [0.1, 0.15) is 5.56 Å². The van der Waals surface area contributed by atoms with E-state index in [1.165, 1.54) is 0 Å². The highest BCUT2D eigenvalue weighted by molar-refractivity contribution is 6.43. The van der Waals surface area contributed by atoms with Gasteiger partial charge in [-0.15, -0.1) is 0 Å². The summed E-state index contributed by atoms with van der Waals surface area (Å²) in [5.41, 5.74) is -1.42. The third-order valence-corrected chi connectivity index (χ3v) is 3.03. The highest BCUT2D eigenvalue weighted by Gasteiger charge is 2.07. The van der Waals surface area contributed by atoms with Gasteiger partial charge < -0.3 is 5.11 Å². The van der Waals surface area contributed by atoms with Crippen LogP contribution >= 0.6 is 23.2 Å². The molecule has 3 N–H and O–H groups in total. The maximum absolute atomic E-state index is 11.4. The molecule has 0 aliphatic heterocycles. The van der Waals surface area contributed by atoms with Gasteiger partial charge in [0.2, 0.25) is 5.88 Å². The molecule has 2 aromatic rings. The third-order valence-electron chi connectivity index (χ3n) is 2.22. The number of aliphatic imine (C=N–C) groups is 1. The lowest BCUT2D eigenvalue weighted by atomic mass is 10.3. The summed E-state index contributed by atoms with van der Waals surface area (Å²) in [4.78, 5) is 30.3. The van der Waals surface area contributed by atoms with E-state index in [1.54, 1.807) is 18.2 Å². The Kier molecular flexibility index (Phi) is 3.73. The molecule has 0 saturated heterocycles. The molecule has 8 heteroatoms. The summed E-state index contributed by atoms with van der Waals surface area (Å²) in [5, 5.41) is 9.99. The molecular formula is C11H7Cl2N3O3. The van der Waals surface area contributed by atoms with Crippen LogP contribution in [0.5, 0.6) is 5.88 Å². The number of aromatic amines is 2. The molecule has 2 rings (SSSR count). The van der Waals surface area contributed by atoms with E-state index in [2.05, 4.69) is 4.99 Å². The Labute approximate surface area is 116 Å². The Morgan fingerprint density at radius 1 is 1.21 bits per heavy atom. The number of H-pyrrole nitrogens is 2. The summed E-state index contributed by atoms with van der Waals surface area (Å²) in [5.74, 6) is -0.573. The van der Waals surface area contributed by atoms with Crippen molar-refractivity contribution in [3.8, 4) is 5.88 Å². The predicted octanol–water partition coefficient (Wildman–Crippen LogP) is 1.83. The first-order chi connectivity index (χ1) is 8.99. The lowest BCUT2D eigenvalue weighted by molar-refractivity contribution is 0.447. The van der Waals surface area contributed by atoms with E-state index in [-0.39, 0.29) is 10.6 Å². The van der Waals surface area contributed by atoms with E-state index in [0.29, 0.717) is 10.7 Å². The zero-order valence-corrected chi connectivity index (χ0v) is 10.8. The minimum absolute atomic E-state index is 0.185. The summed E-state index contributed by atoms with van der Waals surface area (Å²) in [6.07, 6.45) is 1.08. The second kappa shape index (κ2) is 5.29. The van der Waals surface area contributed by atoms with Crippen LogP contribution in [0.4, 0.5) is 5.69 Å². The summed E-state index contributed by atoms with van der Waals surface area (Å²) >= 11 is 11.7. The average molecular weight is 300 g/mol. The zero-order chi connectivity index (χ0) is 14.0. The molecule has 1 heterocycles. The van der Waals surface area contributed by atoms with Gasteiger partial charge in [-0.3, -0.25) is 19.8 Å². The number of nitrogens with zero attached hydrogens (tertiary/aromatic N) is 1. The number of aromatic hydroxyl groups is 1. The first kappa shape index (κ1) is 13.4. The molecule has 19 heavy (non-hydrogen) atoms. The van der Waals surface area contributed by atoms with Crippen LogP contribution in [-0.4, -0.2) is 21.3 Å². The van der Waals surface area contributed by atoms with Gasteiger partial charge in [-0.25, -0.2) is 4.79 Å². The number of hydrogen-bond acceptors (Lipinski definition) is 4. The molecule has 0 saturated carbocycles. The van der Waals surface area contributed by atoms with Gasteiger partial charge >= 0.3 is 5.69 Å². The minimum atomic E-state index is -0.805. The van der Waals surface area contributed by atoms with Crippen LogP contribution < -0.4 is 11.2 Å². The monoisotopic (exact) mass is 299 g/mol. The van der Waals surface area contributed by atoms with Crippen molar-refractivity contribution in [2.24, 2.45) is 4.99 Å². The average Bonchev–Trinajstić information content (AvgIpc) is 2.33. The molecule has 0 fully saturated rings. The van der Waals surface area contributed by atoms with Crippen LogP contribution in [0, 0.1) is 0 Å². The van der Waals surface area contributed by atoms with E-state index in [0.717, 1.165) is 6.21 Å². The molecule has 1 aromatic carbocycles. The van der Waals surface area contributed by atoms with Crippen LogP contribution in [-0.2, 0) is 0 Å². The van der Waals surface area contributed by atoms with E-state index < -0.39 is 17.1 Å². The van der Waals surface area contributed by atoms with Crippen molar-refractivity contribution < 1.29 is 5.11 Å². The van der Waals surface area contributed by atoms with Crippen LogP contribution in [0.15, 0.2) is 32.8 Å². The molecular weight excluding hydrogens is 293 g/mol. The lowest BCUT2D eigenvalue weighted by Crippen LogP contribution is -2.24. The van der Waals surface area contributed by atoms with Crippen LogP contribution in [0.25, 0.3) is 0 Å². The third kappa shape index (κ3) is 2.86. The molecule has 0 aliphatic carbocycles. The number of benzene rings is 1. The number of rotatable bonds is 2. The van der Waals surface area contributed by atoms with Gasteiger partial charge in [0.05, 0.1) is 15.7 Å². The van der Waals surface area contributed by atoms with Crippen molar-refractivity contribution in [1.82, 2.24) is 9.97 Å². The van der Waals surface area contributed by atoms with E-state index in [1.807, 2.05) is 9.97 Å². The second-order valence-corrected chi connectivity index (χ2v) is 4.29. The molecule has 0 spiro atoms. The highest BCUT2D eigenvalue weighted by Crippen LogP contribution is 2.31. The molecule has 0 unspecified atom stereocenters. The summed E-state index contributed by atoms with van der Waals surface area (Å²) in [6.45, 7) is 0. The fourth-order valence-corrected chi connectivity index (χ4v) is 1.67. The predicted molar refractivity (Wildman–Crippen MR) is 73.1 cm³/mol. The Balaban J connectivity index is 2.47. The van der Waals surface area contributed by atoms with Gasteiger partial charge in [0, 0.05) is 6.21 Å². The summed E-state index contributed by atoms with van der Waals surface area (Å²) in [6, 6.07) is 4.81. The van der Waals surface area contributed by atoms with Crippen molar-refractivity contribution >= 4 is 35.1 Å². The van der Waals surface area contributed by atoms with Gasteiger partial charge in [-0.2, -0.15) is 0 Å². The zero-order valence-electron chi connectivity index (χ0n) is 9.28. The lowest BCUT2D eigenvalue weighted by Gasteiger charge is -2.00. The van der Waals surface area contributed by atoms with Crippen molar-refractivity contribution in [1.29, 1.82) is 0 Å². The molecule has 1 aromatic heterocycles. The van der Waals surface area contributed by atoms with E-state index >= 15 is 0 Å². The topological polar surface area (TPSA) is 98.3 Å². The fraction of sp³-hybridized carbons (Fsp3) is 0. The number of halogens is 2. The van der Waals surface area contributed by atoms with Crippen molar-refractivity contribution in [2.45, 2.75) is 0 Å². The van der Waals surface area contributed by atoms with Crippen molar-refractivity contribution in [3.05, 3.63) is 54.6 Å². The Morgan fingerprint density at radius 2 is 1.95 bits per heavy atom. The summed E-state index contributed by atoms with van der Waals surface area (Å²) < 4.78 is 0. The molecule has 98 valence electrons. The largest absolute Gasteiger partial charge is 0.494 e. The Bertz CT molecular complexity index is 765. The normalized spacial score (nSPS) is 11.1. The van der Waals surface area contributed by atoms with Crippen molar-refractivity contribution in [3.63, 3.8) is 0 Å². The fourth-order valence-electron chi connectivity index (χ4n) is 1.33. The van der Waals surface area contributed by atoms with E-state index in [9.17, 15) is 14.7 Å². The summed E-state index contributed by atoms with van der Waals surface area (Å²) in [7, 11) is 0. The molecule has 0 amide bonds. The first-order valence-electron chi connectivity index (χ1n) is 5.02. The van der Waals surface area contributed by atoms with Gasteiger partial charge in [-0.05, 0) is 12.1 Å². The Hall–Kier alpha value is -2.05.